The Bertz CT molecular complexity index is 339. The summed E-state index contributed by atoms with van der Waals surface area (Å²) >= 11 is 0. The second-order valence-corrected chi connectivity index (χ2v) is 5.36. The molecule has 0 aliphatic heterocycles. The molecule has 0 aromatic carbocycles. The van der Waals surface area contributed by atoms with Crippen molar-refractivity contribution in [3.63, 3.8) is 0 Å². The molecule has 0 saturated heterocycles. The standard InChI is InChI=1S/C11H20N4/c1-7(2)9-13-8(6-11(3,4)5)14-10(12)15-9/h7H,6H2,1-5H3,(H2,12,13,14,15). The van der Waals surface area contributed by atoms with Gasteiger partial charge in [0.1, 0.15) is 11.6 Å². The van der Waals surface area contributed by atoms with E-state index in [0.29, 0.717) is 5.95 Å². The van der Waals surface area contributed by atoms with E-state index in [-0.39, 0.29) is 11.3 Å². The molecular formula is C11H20N4. The van der Waals surface area contributed by atoms with Gasteiger partial charge in [0.25, 0.3) is 0 Å². The van der Waals surface area contributed by atoms with E-state index in [0.717, 1.165) is 18.1 Å². The molecule has 4 nitrogen and oxygen atoms in total. The zero-order chi connectivity index (χ0) is 11.6. The van der Waals surface area contributed by atoms with Crippen molar-refractivity contribution in [2.24, 2.45) is 5.41 Å². The Morgan fingerprint density at radius 3 is 2.20 bits per heavy atom. The molecular weight excluding hydrogens is 188 g/mol. The van der Waals surface area contributed by atoms with Crippen molar-refractivity contribution in [3.05, 3.63) is 11.6 Å². The molecule has 0 bridgehead atoms. The van der Waals surface area contributed by atoms with Crippen LogP contribution in [0.2, 0.25) is 0 Å². The maximum absolute atomic E-state index is 5.65. The molecule has 0 amide bonds. The van der Waals surface area contributed by atoms with Crippen molar-refractivity contribution >= 4 is 5.95 Å². The fourth-order valence-electron chi connectivity index (χ4n) is 1.27. The molecule has 0 unspecified atom stereocenters. The van der Waals surface area contributed by atoms with Crippen LogP contribution in [0.3, 0.4) is 0 Å². The summed E-state index contributed by atoms with van der Waals surface area (Å²) in [5.41, 5.74) is 5.82. The van der Waals surface area contributed by atoms with E-state index < -0.39 is 0 Å². The van der Waals surface area contributed by atoms with E-state index in [4.69, 9.17) is 5.73 Å². The Morgan fingerprint density at radius 2 is 1.73 bits per heavy atom. The number of nitrogens with two attached hydrogens (primary N) is 1. The molecule has 0 aliphatic rings. The van der Waals surface area contributed by atoms with Crippen LogP contribution in [0.5, 0.6) is 0 Å². The maximum Gasteiger partial charge on any atom is 0.223 e. The topological polar surface area (TPSA) is 64.7 Å². The summed E-state index contributed by atoms with van der Waals surface area (Å²) in [5.74, 6) is 2.18. The molecule has 2 N–H and O–H groups in total. The molecule has 0 radical (unpaired) electrons. The predicted octanol–water partition coefficient (Wildman–Crippen LogP) is 2.17. The third kappa shape index (κ3) is 3.81. The Kier molecular flexibility index (Phi) is 3.27. The normalized spacial score (nSPS) is 12.1. The number of rotatable bonds is 2. The average molecular weight is 208 g/mol. The van der Waals surface area contributed by atoms with Crippen LogP contribution < -0.4 is 5.73 Å². The highest BCUT2D eigenvalue weighted by atomic mass is 15.1. The van der Waals surface area contributed by atoms with Crippen LogP contribution in [0.25, 0.3) is 0 Å². The van der Waals surface area contributed by atoms with Gasteiger partial charge in [0.2, 0.25) is 5.95 Å². The number of hydrogen-bond acceptors (Lipinski definition) is 4. The summed E-state index contributed by atoms with van der Waals surface area (Å²) in [4.78, 5) is 12.7. The van der Waals surface area contributed by atoms with E-state index in [9.17, 15) is 0 Å². The zero-order valence-electron chi connectivity index (χ0n) is 10.2. The summed E-state index contributed by atoms with van der Waals surface area (Å²) in [7, 11) is 0. The lowest BCUT2D eigenvalue weighted by atomic mass is 9.92. The van der Waals surface area contributed by atoms with Gasteiger partial charge < -0.3 is 5.73 Å². The van der Waals surface area contributed by atoms with E-state index in [1.807, 2.05) is 0 Å². The predicted molar refractivity (Wildman–Crippen MR) is 61.5 cm³/mol. The van der Waals surface area contributed by atoms with Crippen LogP contribution in [0, 0.1) is 5.41 Å². The van der Waals surface area contributed by atoms with Gasteiger partial charge in [-0.1, -0.05) is 34.6 Å². The Hall–Kier alpha value is -1.19. The fraction of sp³-hybridized carbons (Fsp3) is 0.727. The van der Waals surface area contributed by atoms with Crippen molar-refractivity contribution in [1.82, 2.24) is 15.0 Å². The second-order valence-electron chi connectivity index (χ2n) is 5.36. The number of hydrogen-bond donors (Lipinski definition) is 1. The largest absolute Gasteiger partial charge is 0.368 e. The lowest BCUT2D eigenvalue weighted by Gasteiger charge is -2.17. The molecule has 1 rings (SSSR count). The van der Waals surface area contributed by atoms with Gasteiger partial charge in [-0.25, -0.2) is 4.98 Å². The monoisotopic (exact) mass is 208 g/mol. The van der Waals surface area contributed by atoms with Gasteiger partial charge in [0.05, 0.1) is 0 Å². The smallest absolute Gasteiger partial charge is 0.223 e. The van der Waals surface area contributed by atoms with Crippen LogP contribution in [-0.4, -0.2) is 15.0 Å². The van der Waals surface area contributed by atoms with Gasteiger partial charge >= 0.3 is 0 Å². The molecule has 1 aromatic rings. The highest BCUT2D eigenvalue weighted by molar-refractivity contribution is 5.17. The highest BCUT2D eigenvalue weighted by Gasteiger charge is 2.15. The minimum absolute atomic E-state index is 0.169. The van der Waals surface area contributed by atoms with Crippen molar-refractivity contribution in [3.8, 4) is 0 Å². The first-order chi connectivity index (χ1) is 6.78. The van der Waals surface area contributed by atoms with E-state index in [1.165, 1.54) is 0 Å². The molecule has 0 aliphatic carbocycles. The van der Waals surface area contributed by atoms with Crippen LogP contribution in [0.1, 0.15) is 52.2 Å². The van der Waals surface area contributed by atoms with Crippen LogP contribution >= 0.6 is 0 Å². The first-order valence-corrected chi connectivity index (χ1v) is 5.28. The lowest BCUT2D eigenvalue weighted by Crippen LogP contribution is -2.15. The third-order valence-electron chi connectivity index (χ3n) is 1.92. The number of nitrogen functional groups attached to an aromatic ring is 1. The van der Waals surface area contributed by atoms with Gasteiger partial charge in [0.15, 0.2) is 0 Å². The second kappa shape index (κ2) is 4.13. The molecule has 4 heteroatoms. The zero-order valence-corrected chi connectivity index (χ0v) is 10.2. The van der Waals surface area contributed by atoms with Crippen molar-refractivity contribution < 1.29 is 0 Å². The Morgan fingerprint density at radius 1 is 1.13 bits per heavy atom. The molecule has 0 spiro atoms. The molecule has 1 heterocycles. The van der Waals surface area contributed by atoms with Crippen LogP contribution in [0.4, 0.5) is 5.95 Å². The van der Waals surface area contributed by atoms with Gasteiger partial charge in [-0.2, -0.15) is 9.97 Å². The quantitative estimate of drug-likeness (QED) is 0.809. The van der Waals surface area contributed by atoms with E-state index in [1.54, 1.807) is 0 Å². The Labute approximate surface area is 91.3 Å². The minimum atomic E-state index is 0.169. The minimum Gasteiger partial charge on any atom is -0.368 e. The molecule has 15 heavy (non-hydrogen) atoms. The number of aromatic nitrogens is 3. The molecule has 0 fully saturated rings. The van der Waals surface area contributed by atoms with Crippen LogP contribution in [0.15, 0.2) is 0 Å². The SMILES string of the molecule is CC(C)c1nc(N)nc(CC(C)(C)C)n1. The average Bonchev–Trinajstić information content (AvgIpc) is 1.99. The molecule has 84 valence electrons. The third-order valence-corrected chi connectivity index (χ3v) is 1.92. The van der Waals surface area contributed by atoms with Gasteiger partial charge in [-0.3, -0.25) is 0 Å². The highest BCUT2D eigenvalue weighted by Crippen LogP contribution is 2.19. The molecule has 0 atom stereocenters. The number of nitrogens with zero attached hydrogens (tertiary/aromatic N) is 3. The summed E-state index contributed by atoms with van der Waals surface area (Å²) < 4.78 is 0. The summed E-state index contributed by atoms with van der Waals surface area (Å²) in [5, 5.41) is 0. The first kappa shape index (κ1) is 11.9. The first-order valence-electron chi connectivity index (χ1n) is 5.28. The van der Waals surface area contributed by atoms with Gasteiger partial charge in [-0.15, -0.1) is 0 Å². The Balaban J connectivity index is 2.99. The lowest BCUT2D eigenvalue weighted by molar-refractivity contribution is 0.399. The van der Waals surface area contributed by atoms with E-state index >= 15 is 0 Å². The van der Waals surface area contributed by atoms with Gasteiger partial charge in [0, 0.05) is 12.3 Å². The fourth-order valence-corrected chi connectivity index (χ4v) is 1.27. The van der Waals surface area contributed by atoms with Crippen LogP contribution in [-0.2, 0) is 6.42 Å². The van der Waals surface area contributed by atoms with Crippen molar-refractivity contribution in [2.75, 3.05) is 5.73 Å². The number of anilines is 1. The summed E-state index contributed by atoms with van der Waals surface area (Å²) in [6, 6.07) is 0. The van der Waals surface area contributed by atoms with Crippen molar-refractivity contribution in [2.45, 2.75) is 47.0 Å². The maximum atomic E-state index is 5.65. The van der Waals surface area contributed by atoms with Crippen molar-refractivity contribution in [1.29, 1.82) is 0 Å². The van der Waals surface area contributed by atoms with E-state index in [2.05, 4.69) is 49.6 Å². The summed E-state index contributed by atoms with van der Waals surface area (Å²) in [6.45, 7) is 10.6. The van der Waals surface area contributed by atoms with Gasteiger partial charge in [-0.05, 0) is 5.41 Å². The molecule has 1 aromatic heterocycles. The molecule has 0 saturated carbocycles. The summed E-state index contributed by atoms with van der Waals surface area (Å²) in [6.07, 6.45) is 0.819.